The Morgan fingerprint density at radius 1 is 1.30 bits per heavy atom. The Kier molecular flexibility index (Phi) is 6.18. The van der Waals surface area contributed by atoms with Crippen LogP contribution in [0.5, 0.6) is 5.75 Å². The standard InChI is InChI=1S/C17H26ClNO/c1-3-19-13(2)16-10-9-15(11-17(16)18)20-12-14-7-5-4-6-8-14/h9-11,13-14,19H,3-8,12H2,1-2H3. The molecule has 0 bridgehead atoms. The van der Waals surface area contributed by atoms with Crippen LogP contribution >= 0.6 is 11.6 Å². The number of halogens is 1. The second-order valence-corrected chi connectivity index (χ2v) is 6.18. The van der Waals surface area contributed by atoms with Gasteiger partial charge in [0.05, 0.1) is 6.61 Å². The smallest absolute Gasteiger partial charge is 0.120 e. The zero-order valence-corrected chi connectivity index (χ0v) is 13.4. The summed E-state index contributed by atoms with van der Waals surface area (Å²) in [5.41, 5.74) is 1.14. The summed E-state index contributed by atoms with van der Waals surface area (Å²) in [5.74, 6) is 1.62. The zero-order valence-electron chi connectivity index (χ0n) is 12.6. The minimum absolute atomic E-state index is 0.278. The van der Waals surface area contributed by atoms with Gasteiger partial charge in [-0.25, -0.2) is 0 Å². The average Bonchev–Trinajstić information content (AvgIpc) is 2.46. The summed E-state index contributed by atoms with van der Waals surface area (Å²) in [7, 11) is 0. The van der Waals surface area contributed by atoms with Crippen LogP contribution in [0.25, 0.3) is 0 Å². The highest BCUT2D eigenvalue weighted by atomic mass is 35.5. The lowest BCUT2D eigenvalue weighted by atomic mass is 9.90. The molecule has 1 aliphatic rings. The molecule has 0 saturated heterocycles. The van der Waals surface area contributed by atoms with Gasteiger partial charge in [0.25, 0.3) is 0 Å². The van der Waals surface area contributed by atoms with E-state index in [4.69, 9.17) is 16.3 Å². The second-order valence-electron chi connectivity index (χ2n) is 5.78. The summed E-state index contributed by atoms with van der Waals surface area (Å²) >= 11 is 6.36. The quantitative estimate of drug-likeness (QED) is 0.800. The first-order valence-corrected chi connectivity index (χ1v) is 8.24. The van der Waals surface area contributed by atoms with Gasteiger partial charge in [-0.15, -0.1) is 0 Å². The van der Waals surface area contributed by atoms with Crippen molar-refractivity contribution in [2.24, 2.45) is 5.92 Å². The van der Waals surface area contributed by atoms with Gasteiger partial charge in [-0.3, -0.25) is 0 Å². The Hall–Kier alpha value is -0.730. The van der Waals surface area contributed by atoms with Crippen LogP contribution in [0, 0.1) is 5.92 Å². The maximum absolute atomic E-state index is 6.36. The van der Waals surface area contributed by atoms with Crippen molar-refractivity contribution in [2.45, 2.75) is 52.0 Å². The molecule has 0 aliphatic heterocycles. The average molecular weight is 296 g/mol. The van der Waals surface area contributed by atoms with Crippen LogP contribution in [-0.2, 0) is 0 Å². The third-order valence-electron chi connectivity index (χ3n) is 4.16. The lowest BCUT2D eigenvalue weighted by Crippen LogP contribution is -2.18. The molecule has 1 fully saturated rings. The molecule has 2 rings (SSSR count). The van der Waals surface area contributed by atoms with E-state index in [1.54, 1.807) is 0 Å². The molecule has 3 heteroatoms. The molecule has 2 nitrogen and oxygen atoms in total. The monoisotopic (exact) mass is 295 g/mol. The summed E-state index contributed by atoms with van der Waals surface area (Å²) in [6, 6.07) is 6.34. The number of ether oxygens (including phenoxy) is 1. The SMILES string of the molecule is CCNC(C)c1ccc(OCC2CCCCC2)cc1Cl. The Labute approximate surface area is 127 Å². The van der Waals surface area contributed by atoms with Crippen molar-refractivity contribution in [1.82, 2.24) is 5.32 Å². The molecule has 0 heterocycles. The Morgan fingerprint density at radius 3 is 2.70 bits per heavy atom. The lowest BCUT2D eigenvalue weighted by Gasteiger charge is -2.22. The molecule has 0 aromatic heterocycles. The summed E-state index contributed by atoms with van der Waals surface area (Å²) in [6.07, 6.45) is 6.72. The Morgan fingerprint density at radius 2 is 2.05 bits per heavy atom. The van der Waals surface area contributed by atoms with Gasteiger partial charge in [-0.05, 0) is 49.9 Å². The van der Waals surface area contributed by atoms with E-state index in [9.17, 15) is 0 Å². The van der Waals surface area contributed by atoms with Gasteiger partial charge in [0, 0.05) is 11.1 Å². The van der Waals surface area contributed by atoms with Gasteiger partial charge in [0.2, 0.25) is 0 Å². The van der Waals surface area contributed by atoms with Gasteiger partial charge < -0.3 is 10.1 Å². The van der Waals surface area contributed by atoms with Crippen LogP contribution in [0.1, 0.15) is 57.6 Å². The first-order chi connectivity index (χ1) is 9.70. The first kappa shape index (κ1) is 15.7. The predicted molar refractivity (Wildman–Crippen MR) is 85.6 cm³/mol. The van der Waals surface area contributed by atoms with Crippen LogP contribution in [-0.4, -0.2) is 13.2 Å². The van der Waals surface area contributed by atoms with Crippen molar-refractivity contribution < 1.29 is 4.74 Å². The van der Waals surface area contributed by atoms with E-state index < -0.39 is 0 Å². The molecule has 20 heavy (non-hydrogen) atoms. The molecule has 112 valence electrons. The predicted octanol–water partition coefficient (Wildman–Crippen LogP) is 4.97. The van der Waals surface area contributed by atoms with Crippen molar-refractivity contribution in [2.75, 3.05) is 13.2 Å². The Bertz CT molecular complexity index is 415. The summed E-state index contributed by atoms with van der Waals surface area (Å²) in [5, 5.41) is 4.17. The molecule has 1 aromatic rings. The van der Waals surface area contributed by atoms with Crippen LogP contribution in [0.4, 0.5) is 0 Å². The molecule has 0 spiro atoms. The van der Waals surface area contributed by atoms with Crippen molar-refractivity contribution in [3.63, 3.8) is 0 Å². The topological polar surface area (TPSA) is 21.3 Å². The maximum atomic E-state index is 6.36. The highest BCUT2D eigenvalue weighted by Gasteiger charge is 2.15. The van der Waals surface area contributed by atoms with Crippen LogP contribution in [0.15, 0.2) is 18.2 Å². The third-order valence-corrected chi connectivity index (χ3v) is 4.49. The number of nitrogens with one attached hydrogen (secondary N) is 1. The molecular formula is C17H26ClNO. The molecule has 1 unspecified atom stereocenters. The van der Waals surface area contributed by atoms with Crippen molar-refractivity contribution >= 4 is 11.6 Å². The molecule has 0 amide bonds. The molecule has 1 saturated carbocycles. The minimum Gasteiger partial charge on any atom is -0.493 e. The summed E-state index contributed by atoms with van der Waals surface area (Å²) in [6.45, 7) is 6.01. The molecule has 1 aromatic carbocycles. The number of hydrogen-bond donors (Lipinski definition) is 1. The van der Waals surface area contributed by atoms with Crippen molar-refractivity contribution in [3.8, 4) is 5.75 Å². The van der Waals surface area contributed by atoms with E-state index in [0.29, 0.717) is 0 Å². The molecule has 1 aliphatic carbocycles. The summed E-state index contributed by atoms with van der Waals surface area (Å²) < 4.78 is 5.92. The molecular weight excluding hydrogens is 270 g/mol. The number of benzene rings is 1. The van der Waals surface area contributed by atoms with Gasteiger partial charge in [0.1, 0.15) is 5.75 Å². The fourth-order valence-corrected chi connectivity index (χ4v) is 3.27. The van der Waals surface area contributed by atoms with Crippen LogP contribution < -0.4 is 10.1 Å². The minimum atomic E-state index is 0.278. The molecule has 1 N–H and O–H groups in total. The van der Waals surface area contributed by atoms with Crippen molar-refractivity contribution in [3.05, 3.63) is 28.8 Å². The van der Waals surface area contributed by atoms with Crippen LogP contribution in [0.3, 0.4) is 0 Å². The fraction of sp³-hybridized carbons (Fsp3) is 0.647. The van der Waals surface area contributed by atoms with E-state index in [0.717, 1.165) is 35.4 Å². The highest BCUT2D eigenvalue weighted by Crippen LogP contribution is 2.29. The fourth-order valence-electron chi connectivity index (χ4n) is 2.93. The highest BCUT2D eigenvalue weighted by molar-refractivity contribution is 6.31. The van der Waals surface area contributed by atoms with Gasteiger partial charge in [0.15, 0.2) is 0 Å². The maximum Gasteiger partial charge on any atom is 0.120 e. The molecule has 1 atom stereocenters. The Balaban J connectivity index is 1.91. The zero-order chi connectivity index (χ0) is 14.4. The van der Waals surface area contributed by atoms with E-state index in [1.807, 2.05) is 12.1 Å². The third kappa shape index (κ3) is 4.39. The second kappa shape index (κ2) is 7.90. The molecule has 0 radical (unpaired) electrons. The van der Waals surface area contributed by atoms with Gasteiger partial charge in [-0.1, -0.05) is 43.9 Å². The van der Waals surface area contributed by atoms with E-state index in [-0.39, 0.29) is 6.04 Å². The van der Waals surface area contributed by atoms with E-state index >= 15 is 0 Å². The van der Waals surface area contributed by atoms with Gasteiger partial charge in [-0.2, -0.15) is 0 Å². The largest absolute Gasteiger partial charge is 0.493 e. The number of hydrogen-bond acceptors (Lipinski definition) is 2. The lowest BCUT2D eigenvalue weighted by molar-refractivity contribution is 0.209. The van der Waals surface area contributed by atoms with Crippen molar-refractivity contribution in [1.29, 1.82) is 0 Å². The number of rotatable bonds is 6. The normalized spacial score (nSPS) is 17.9. The summed E-state index contributed by atoms with van der Waals surface area (Å²) in [4.78, 5) is 0. The van der Waals surface area contributed by atoms with Gasteiger partial charge >= 0.3 is 0 Å². The van der Waals surface area contributed by atoms with E-state index in [2.05, 4.69) is 25.2 Å². The van der Waals surface area contributed by atoms with E-state index in [1.165, 1.54) is 32.1 Å². The first-order valence-electron chi connectivity index (χ1n) is 7.86. The van der Waals surface area contributed by atoms with Crippen LogP contribution in [0.2, 0.25) is 5.02 Å².